The number of nitrogens with zero attached hydrogens (tertiary/aromatic N) is 3. The zero-order valence-corrected chi connectivity index (χ0v) is 11.8. The Labute approximate surface area is 114 Å². The summed E-state index contributed by atoms with van der Waals surface area (Å²) in [5.74, 6) is 1.16. The highest BCUT2D eigenvalue weighted by Crippen LogP contribution is 2.25. The molecular weight excluding hydrogens is 242 g/mol. The third-order valence-corrected chi connectivity index (χ3v) is 4.71. The van der Waals surface area contributed by atoms with Crippen molar-refractivity contribution < 1.29 is 0 Å². The minimum atomic E-state index is 0.757. The minimum Gasteiger partial charge on any atom is -0.355 e. The Balaban J connectivity index is 1.67. The van der Waals surface area contributed by atoms with Crippen molar-refractivity contribution in [3.63, 3.8) is 0 Å². The molecule has 0 aromatic carbocycles. The Morgan fingerprint density at radius 1 is 1.22 bits per heavy atom. The maximum atomic E-state index is 4.70. The molecule has 2 aliphatic heterocycles. The molecule has 3 rings (SSSR count). The van der Waals surface area contributed by atoms with Crippen molar-refractivity contribution in [2.75, 3.05) is 37.3 Å². The van der Waals surface area contributed by atoms with Gasteiger partial charge in [-0.05, 0) is 50.7 Å². The molecule has 0 spiro atoms. The lowest BCUT2D eigenvalue weighted by Gasteiger charge is -2.24. The summed E-state index contributed by atoms with van der Waals surface area (Å²) < 4.78 is 0. The SMILES string of the molecule is CSc1cccc(N2CC[C@H](N3CCCC3)C2)n1. The van der Waals surface area contributed by atoms with Crippen LogP contribution in [0.15, 0.2) is 23.2 Å². The second kappa shape index (κ2) is 5.49. The topological polar surface area (TPSA) is 19.4 Å². The normalized spacial score (nSPS) is 24.9. The summed E-state index contributed by atoms with van der Waals surface area (Å²) >= 11 is 1.72. The van der Waals surface area contributed by atoms with Crippen LogP contribution in [0.25, 0.3) is 0 Å². The molecule has 2 fully saturated rings. The predicted octanol–water partition coefficient (Wildman–Crippen LogP) is 2.48. The molecule has 0 N–H and O–H groups in total. The molecule has 0 radical (unpaired) electrons. The fraction of sp³-hybridized carbons (Fsp3) is 0.643. The summed E-state index contributed by atoms with van der Waals surface area (Å²) in [6, 6.07) is 7.11. The van der Waals surface area contributed by atoms with Gasteiger partial charge in [0, 0.05) is 19.1 Å². The van der Waals surface area contributed by atoms with E-state index in [-0.39, 0.29) is 0 Å². The summed E-state index contributed by atoms with van der Waals surface area (Å²) in [5.41, 5.74) is 0. The number of rotatable bonds is 3. The largest absolute Gasteiger partial charge is 0.355 e. The van der Waals surface area contributed by atoms with E-state index < -0.39 is 0 Å². The van der Waals surface area contributed by atoms with Gasteiger partial charge in [-0.15, -0.1) is 11.8 Å². The van der Waals surface area contributed by atoms with Gasteiger partial charge in [0.1, 0.15) is 5.82 Å². The molecule has 4 heteroatoms. The van der Waals surface area contributed by atoms with E-state index in [1.165, 1.54) is 32.4 Å². The third kappa shape index (κ3) is 2.50. The van der Waals surface area contributed by atoms with Gasteiger partial charge in [-0.25, -0.2) is 4.98 Å². The van der Waals surface area contributed by atoms with Crippen LogP contribution in [0.1, 0.15) is 19.3 Å². The molecule has 1 aromatic rings. The van der Waals surface area contributed by atoms with Gasteiger partial charge in [-0.2, -0.15) is 0 Å². The highest BCUT2D eigenvalue weighted by Gasteiger charge is 2.29. The molecule has 0 bridgehead atoms. The molecule has 0 saturated carbocycles. The summed E-state index contributed by atoms with van der Waals surface area (Å²) in [6.45, 7) is 4.92. The van der Waals surface area contributed by atoms with Crippen molar-refractivity contribution in [2.45, 2.75) is 30.3 Å². The first-order valence-corrected chi connectivity index (χ1v) is 8.09. The van der Waals surface area contributed by atoms with Crippen LogP contribution >= 0.6 is 11.8 Å². The summed E-state index contributed by atoms with van der Waals surface area (Å²) in [7, 11) is 0. The molecule has 0 amide bonds. The van der Waals surface area contributed by atoms with E-state index in [4.69, 9.17) is 4.98 Å². The van der Waals surface area contributed by atoms with E-state index >= 15 is 0 Å². The number of hydrogen-bond donors (Lipinski definition) is 0. The summed E-state index contributed by atoms with van der Waals surface area (Å²) in [6.07, 6.45) is 6.15. The van der Waals surface area contributed by atoms with Crippen LogP contribution in [-0.2, 0) is 0 Å². The van der Waals surface area contributed by atoms with Gasteiger partial charge in [-0.3, -0.25) is 4.90 Å². The zero-order valence-electron chi connectivity index (χ0n) is 11.0. The lowest BCUT2D eigenvalue weighted by Crippen LogP contribution is -2.35. The average molecular weight is 263 g/mol. The van der Waals surface area contributed by atoms with Gasteiger partial charge in [0.05, 0.1) is 5.03 Å². The lowest BCUT2D eigenvalue weighted by atomic mass is 10.2. The Morgan fingerprint density at radius 3 is 2.83 bits per heavy atom. The number of anilines is 1. The first kappa shape index (κ1) is 12.3. The molecule has 98 valence electrons. The number of thioether (sulfide) groups is 1. The molecule has 3 nitrogen and oxygen atoms in total. The van der Waals surface area contributed by atoms with Crippen molar-refractivity contribution in [3.8, 4) is 0 Å². The maximum Gasteiger partial charge on any atom is 0.129 e. The smallest absolute Gasteiger partial charge is 0.129 e. The molecule has 2 aliphatic rings. The molecule has 1 aromatic heterocycles. The molecule has 3 heterocycles. The van der Waals surface area contributed by atoms with Gasteiger partial charge in [0.15, 0.2) is 0 Å². The highest BCUT2D eigenvalue weighted by molar-refractivity contribution is 7.98. The van der Waals surface area contributed by atoms with Crippen LogP contribution in [0.3, 0.4) is 0 Å². The van der Waals surface area contributed by atoms with Crippen molar-refractivity contribution in [2.24, 2.45) is 0 Å². The van der Waals surface area contributed by atoms with Crippen LogP contribution in [0.2, 0.25) is 0 Å². The van der Waals surface area contributed by atoms with Gasteiger partial charge in [-0.1, -0.05) is 6.07 Å². The second-order valence-electron chi connectivity index (χ2n) is 5.17. The van der Waals surface area contributed by atoms with Crippen LogP contribution in [0.5, 0.6) is 0 Å². The van der Waals surface area contributed by atoms with E-state index in [1.807, 2.05) is 0 Å². The fourth-order valence-electron chi connectivity index (χ4n) is 3.05. The van der Waals surface area contributed by atoms with Gasteiger partial charge >= 0.3 is 0 Å². The van der Waals surface area contributed by atoms with Gasteiger partial charge < -0.3 is 4.90 Å². The third-order valence-electron chi connectivity index (χ3n) is 4.06. The zero-order chi connectivity index (χ0) is 12.4. The number of pyridine rings is 1. The Bertz CT molecular complexity index is 404. The molecule has 2 saturated heterocycles. The van der Waals surface area contributed by atoms with Crippen LogP contribution < -0.4 is 4.90 Å². The first-order chi connectivity index (χ1) is 8.86. The predicted molar refractivity (Wildman–Crippen MR) is 77.4 cm³/mol. The van der Waals surface area contributed by atoms with E-state index in [2.05, 4.69) is 34.3 Å². The lowest BCUT2D eigenvalue weighted by molar-refractivity contribution is 0.260. The van der Waals surface area contributed by atoms with E-state index in [9.17, 15) is 0 Å². The number of likely N-dealkylation sites (tertiary alicyclic amines) is 1. The molecule has 0 aliphatic carbocycles. The Kier molecular flexibility index (Phi) is 3.75. The Morgan fingerprint density at radius 2 is 2.06 bits per heavy atom. The maximum absolute atomic E-state index is 4.70. The quantitative estimate of drug-likeness (QED) is 0.780. The molecule has 0 unspecified atom stereocenters. The average Bonchev–Trinajstić information content (AvgIpc) is 3.09. The second-order valence-corrected chi connectivity index (χ2v) is 6.00. The highest BCUT2D eigenvalue weighted by atomic mass is 32.2. The first-order valence-electron chi connectivity index (χ1n) is 6.87. The molecule has 1 atom stereocenters. The van der Waals surface area contributed by atoms with Crippen molar-refractivity contribution in [1.29, 1.82) is 0 Å². The van der Waals surface area contributed by atoms with Crippen molar-refractivity contribution >= 4 is 17.6 Å². The van der Waals surface area contributed by atoms with Crippen LogP contribution in [0, 0.1) is 0 Å². The van der Waals surface area contributed by atoms with Crippen molar-refractivity contribution in [1.82, 2.24) is 9.88 Å². The monoisotopic (exact) mass is 263 g/mol. The van der Waals surface area contributed by atoms with E-state index in [0.29, 0.717) is 0 Å². The van der Waals surface area contributed by atoms with Crippen molar-refractivity contribution in [3.05, 3.63) is 18.2 Å². The van der Waals surface area contributed by atoms with Gasteiger partial charge in [0.25, 0.3) is 0 Å². The van der Waals surface area contributed by atoms with Crippen LogP contribution in [-0.4, -0.2) is 48.4 Å². The molecular formula is C14H21N3S. The van der Waals surface area contributed by atoms with E-state index in [0.717, 1.165) is 30.0 Å². The Hall–Kier alpha value is -0.740. The fourth-order valence-corrected chi connectivity index (χ4v) is 3.45. The summed E-state index contributed by atoms with van der Waals surface area (Å²) in [4.78, 5) is 9.82. The van der Waals surface area contributed by atoms with Gasteiger partial charge in [0.2, 0.25) is 0 Å². The number of aromatic nitrogens is 1. The number of hydrogen-bond acceptors (Lipinski definition) is 4. The standard InChI is InChI=1S/C14H21N3S/c1-18-14-6-4-5-13(15-14)17-10-7-12(11-17)16-8-2-3-9-16/h4-6,12H,2-3,7-11H2,1H3/t12-/m0/s1. The molecule has 18 heavy (non-hydrogen) atoms. The summed E-state index contributed by atoms with van der Waals surface area (Å²) in [5, 5.41) is 1.12. The van der Waals surface area contributed by atoms with E-state index in [1.54, 1.807) is 11.8 Å². The minimum absolute atomic E-state index is 0.757. The van der Waals surface area contributed by atoms with Crippen LogP contribution in [0.4, 0.5) is 5.82 Å².